The van der Waals surface area contributed by atoms with Gasteiger partial charge in [0.25, 0.3) is 5.91 Å². The van der Waals surface area contributed by atoms with E-state index < -0.39 is 5.91 Å². The SMILES string of the molecule is CC(=O)Nc1ccc(NC(=O)/C(C#N)=C\Nc2cc(Cl)ccn2)cc1. The summed E-state index contributed by atoms with van der Waals surface area (Å²) in [5.41, 5.74) is 0.962. The van der Waals surface area contributed by atoms with E-state index in [-0.39, 0.29) is 11.5 Å². The molecular weight excluding hydrogens is 342 g/mol. The zero-order chi connectivity index (χ0) is 18.2. The molecule has 0 atom stereocenters. The van der Waals surface area contributed by atoms with E-state index in [1.54, 1.807) is 36.4 Å². The number of nitrogens with zero attached hydrogens (tertiary/aromatic N) is 2. The van der Waals surface area contributed by atoms with Crippen molar-refractivity contribution in [1.82, 2.24) is 4.98 Å². The number of hydrogen-bond donors (Lipinski definition) is 3. The lowest BCUT2D eigenvalue weighted by Gasteiger charge is -2.07. The smallest absolute Gasteiger partial charge is 0.267 e. The van der Waals surface area contributed by atoms with E-state index in [4.69, 9.17) is 16.9 Å². The van der Waals surface area contributed by atoms with Crippen molar-refractivity contribution in [2.75, 3.05) is 16.0 Å². The second-order valence-electron chi connectivity index (χ2n) is 4.89. The van der Waals surface area contributed by atoms with E-state index in [2.05, 4.69) is 20.9 Å². The molecule has 7 nitrogen and oxygen atoms in total. The number of carbonyl (C=O) groups excluding carboxylic acids is 2. The minimum atomic E-state index is -0.579. The predicted octanol–water partition coefficient (Wildman–Crippen LogP) is 3.15. The molecule has 2 aromatic rings. The fourth-order valence-corrected chi connectivity index (χ4v) is 1.98. The molecule has 0 saturated heterocycles. The maximum atomic E-state index is 12.1. The number of nitriles is 1. The largest absolute Gasteiger partial charge is 0.345 e. The van der Waals surface area contributed by atoms with E-state index in [0.29, 0.717) is 22.2 Å². The number of anilines is 3. The molecule has 2 rings (SSSR count). The van der Waals surface area contributed by atoms with Crippen LogP contribution in [0.2, 0.25) is 5.02 Å². The van der Waals surface area contributed by atoms with E-state index in [9.17, 15) is 9.59 Å². The Labute approximate surface area is 149 Å². The average molecular weight is 356 g/mol. The summed E-state index contributed by atoms with van der Waals surface area (Å²) in [6, 6.07) is 11.5. The molecule has 0 aliphatic heterocycles. The molecule has 0 fully saturated rings. The van der Waals surface area contributed by atoms with Crippen LogP contribution < -0.4 is 16.0 Å². The standard InChI is InChI=1S/C17H14ClN5O2/c1-11(24)22-14-2-4-15(5-3-14)23-17(25)12(9-19)10-21-16-8-13(18)6-7-20-16/h2-8,10H,1H3,(H,20,21)(H,22,24)(H,23,25)/b12-10-. The second kappa shape index (κ2) is 8.47. The van der Waals surface area contributed by atoms with Gasteiger partial charge in [0, 0.05) is 35.7 Å². The van der Waals surface area contributed by atoms with Crippen molar-refractivity contribution in [3.8, 4) is 6.07 Å². The summed E-state index contributed by atoms with van der Waals surface area (Å²) in [5.74, 6) is -0.357. The van der Waals surface area contributed by atoms with E-state index in [1.165, 1.54) is 19.3 Å². The highest BCUT2D eigenvalue weighted by molar-refractivity contribution is 6.30. The predicted molar refractivity (Wildman–Crippen MR) is 95.9 cm³/mol. The van der Waals surface area contributed by atoms with Gasteiger partial charge in [-0.15, -0.1) is 0 Å². The van der Waals surface area contributed by atoms with Crippen LogP contribution >= 0.6 is 11.6 Å². The molecule has 126 valence electrons. The van der Waals surface area contributed by atoms with Gasteiger partial charge in [0.05, 0.1) is 0 Å². The van der Waals surface area contributed by atoms with Gasteiger partial charge in [-0.3, -0.25) is 9.59 Å². The lowest BCUT2D eigenvalue weighted by Crippen LogP contribution is -2.14. The van der Waals surface area contributed by atoms with Gasteiger partial charge < -0.3 is 16.0 Å². The monoisotopic (exact) mass is 355 g/mol. The molecule has 2 amide bonds. The highest BCUT2D eigenvalue weighted by Crippen LogP contribution is 2.15. The van der Waals surface area contributed by atoms with Crippen molar-refractivity contribution in [2.45, 2.75) is 6.92 Å². The number of hydrogen-bond acceptors (Lipinski definition) is 5. The summed E-state index contributed by atoms with van der Waals surface area (Å²) in [6.45, 7) is 1.40. The van der Waals surface area contributed by atoms with Gasteiger partial charge >= 0.3 is 0 Å². The molecule has 1 aromatic carbocycles. The molecule has 25 heavy (non-hydrogen) atoms. The number of aromatic nitrogens is 1. The van der Waals surface area contributed by atoms with Crippen molar-refractivity contribution in [3.05, 3.63) is 59.4 Å². The third-order valence-electron chi connectivity index (χ3n) is 2.91. The van der Waals surface area contributed by atoms with E-state index in [0.717, 1.165) is 0 Å². The van der Waals surface area contributed by atoms with Crippen LogP contribution in [0.4, 0.5) is 17.2 Å². The van der Waals surface area contributed by atoms with Crippen molar-refractivity contribution in [3.63, 3.8) is 0 Å². The molecule has 0 radical (unpaired) electrons. The molecule has 0 aliphatic rings. The van der Waals surface area contributed by atoms with Gasteiger partial charge in [-0.05, 0) is 36.4 Å². The Morgan fingerprint density at radius 1 is 1.16 bits per heavy atom. The van der Waals surface area contributed by atoms with Gasteiger partial charge in [-0.2, -0.15) is 5.26 Å². The van der Waals surface area contributed by atoms with Gasteiger partial charge in [-0.25, -0.2) is 4.98 Å². The zero-order valence-corrected chi connectivity index (χ0v) is 14.0. The lowest BCUT2D eigenvalue weighted by molar-refractivity contribution is -0.114. The van der Waals surface area contributed by atoms with E-state index in [1.807, 2.05) is 6.07 Å². The molecule has 0 saturated carbocycles. The topological polar surface area (TPSA) is 107 Å². The number of carbonyl (C=O) groups is 2. The Morgan fingerprint density at radius 2 is 1.80 bits per heavy atom. The lowest BCUT2D eigenvalue weighted by atomic mass is 10.2. The molecular formula is C17H14ClN5O2. The zero-order valence-electron chi connectivity index (χ0n) is 13.2. The Balaban J connectivity index is 2.03. The van der Waals surface area contributed by atoms with Gasteiger partial charge in [-0.1, -0.05) is 11.6 Å². The van der Waals surface area contributed by atoms with Crippen LogP contribution in [-0.2, 0) is 9.59 Å². The number of benzene rings is 1. The molecule has 1 aromatic heterocycles. The van der Waals surface area contributed by atoms with Crippen LogP contribution in [0.25, 0.3) is 0 Å². The normalized spacial score (nSPS) is 10.5. The number of halogens is 1. The summed E-state index contributed by atoms with van der Waals surface area (Å²) in [7, 11) is 0. The maximum Gasteiger partial charge on any atom is 0.267 e. The fraction of sp³-hybridized carbons (Fsp3) is 0.0588. The molecule has 0 spiro atoms. The van der Waals surface area contributed by atoms with Crippen molar-refractivity contribution < 1.29 is 9.59 Å². The Morgan fingerprint density at radius 3 is 2.36 bits per heavy atom. The third-order valence-corrected chi connectivity index (χ3v) is 3.15. The number of amides is 2. The summed E-state index contributed by atoms with van der Waals surface area (Å²) < 4.78 is 0. The van der Waals surface area contributed by atoms with Crippen LogP contribution in [0.15, 0.2) is 54.4 Å². The molecule has 0 aliphatic carbocycles. The molecule has 0 bridgehead atoms. The van der Waals surface area contributed by atoms with Crippen LogP contribution in [-0.4, -0.2) is 16.8 Å². The Bertz CT molecular complexity index is 856. The molecule has 8 heteroatoms. The summed E-state index contributed by atoms with van der Waals surface area (Å²) in [5, 5.41) is 17.6. The second-order valence-corrected chi connectivity index (χ2v) is 5.32. The van der Waals surface area contributed by atoms with Crippen molar-refractivity contribution >= 4 is 40.6 Å². The number of nitrogens with one attached hydrogen (secondary N) is 3. The maximum absolute atomic E-state index is 12.1. The fourth-order valence-electron chi connectivity index (χ4n) is 1.82. The van der Waals surface area contributed by atoms with Crippen LogP contribution in [0.1, 0.15) is 6.92 Å². The summed E-state index contributed by atoms with van der Waals surface area (Å²) in [4.78, 5) is 27.1. The Hall–Kier alpha value is -3.37. The van der Waals surface area contributed by atoms with Gasteiger partial charge in [0.1, 0.15) is 17.5 Å². The van der Waals surface area contributed by atoms with Gasteiger partial charge in [0.2, 0.25) is 5.91 Å². The minimum Gasteiger partial charge on any atom is -0.345 e. The Kier molecular flexibility index (Phi) is 6.09. The van der Waals surface area contributed by atoms with Crippen molar-refractivity contribution in [1.29, 1.82) is 5.26 Å². The van der Waals surface area contributed by atoms with Crippen molar-refractivity contribution in [2.24, 2.45) is 0 Å². The quantitative estimate of drug-likeness (QED) is 0.564. The molecule has 0 unspecified atom stereocenters. The van der Waals surface area contributed by atoms with Gasteiger partial charge in [0.15, 0.2) is 0 Å². The first-order valence-corrected chi connectivity index (χ1v) is 7.53. The first-order chi connectivity index (χ1) is 12.0. The molecule has 3 N–H and O–H groups in total. The average Bonchev–Trinajstić information content (AvgIpc) is 2.57. The summed E-state index contributed by atoms with van der Waals surface area (Å²) >= 11 is 5.84. The van der Waals surface area contributed by atoms with E-state index >= 15 is 0 Å². The number of pyridine rings is 1. The summed E-state index contributed by atoms with van der Waals surface area (Å²) in [6.07, 6.45) is 2.75. The first kappa shape index (κ1) is 18.0. The number of rotatable bonds is 5. The molecule has 1 heterocycles. The first-order valence-electron chi connectivity index (χ1n) is 7.15. The van der Waals surface area contributed by atoms with Crippen LogP contribution in [0, 0.1) is 11.3 Å². The third kappa shape index (κ3) is 5.64. The van der Waals surface area contributed by atoms with Crippen LogP contribution in [0.3, 0.4) is 0 Å². The highest BCUT2D eigenvalue weighted by Gasteiger charge is 2.09. The minimum absolute atomic E-state index is 0.132. The highest BCUT2D eigenvalue weighted by atomic mass is 35.5. The van der Waals surface area contributed by atoms with Crippen LogP contribution in [0.5, 0.6) is 0 Å².